The molecule has 1 fully saturated rings. The zero-order chi connectivity index (χ0) is 16.9. The topological polar surface area (TPSA) is 170 Å². The van der Waals surface area contributed by atoms with Gasteiger partial charge in [0.2, 0.25) is 0 Å². The van der Waals surface area contributed by atoms with Gasteiger partial charge >= 0.3 is 0 Å². The number of aliphatic hydroxyl groups excluding tert-OH is 2. The monoisotopic (exact) mass is 323 g/mol. The van der Waals surface area contributed by atoms with Gasteiger partial charge in [-0.1, -0.05) is 0 Å². The van der Waals surface area contributed by atoms with E-state index in [9.17, 15) is 20.1 Å². The van der Waals surface area contributed by atoms with Crippen LogP contribution >= 0.6 is 0 Å². The van der Waals surface area contributed by atoms with E-state index in [1.54, 1.807) is 6.92 Å². The molecule has 1 unspecified atom stereocenters. The number of nitrogens with zero attached hydrogens (tertiary/aromatic N) is 2. The zero-order valence-corrected chi connectivity index (χ0v) is 12.3. The van der Waals surface area contributed by atoms with Gasteiger partial charge in [-0.2, -0.15) is 0 Å². The smallest absolute Gasteiger partial charge is 0.251 e. The Morgan fingerprint density at radius 2 is 2.39 bits per heavy atom. The van der Waals surface area contributed by atoms with Crippen molar-refractivity contribution >= 4 is 16.9 Å². The Morgan fingerprint density at radius 3 is 2.96 bits per heavy atom. The quantitative estimate of drug-likeness (QED) is 0.369. The molecule has 7 N–H and O–H groups in total. The summed E-state index contributed by atoms with van der Waals surface area (Å²) in [7, 11) is 0. The minimum Gasteiger partial charge on any atom is -0.394 e. The van der Waals surface area contributed by atoms with Crippen LogP contribution in [-0.4, -0.2) is 61.2 Å². The third-order valence-corrected chi connectivity index (χ3v) is 4.13. The number of aryl methyl sites for hydroxylation is 1. The number of nitrogens with one attached hydrogen (secondary N) is 2. The zero-order valence-electron chi connectivity index (χ0n) is 12.3. The number of nitrogens with two attached hydrogens (primary N) is 1. The van der Waals surface area contributed by atoms with Gasteiger partial charge in [-0.15, -0.1) is 0 Å². The second-order valence-electron chi connectivity index (χ2n) is 5.53. The lowest BCUT2D eigenvalue weighted by Gasteiger charge is -2.29. The van der Waals surface area contributed by atoms with Gasteiger partial charge in [0.1, 0.15) is 24.2 Å². The van der Waals surface area contributed by atoms with E-state index in [4.69, 9.17) is 15.9 Å². The van der Waals surface area contributed by atoms with Crippen molar-refractivity contribution < 1.29 is 24.9 Å². The van der Waals surface area contributed by atoms with Gasteiger partial charge in [-0.25, -0.2) is 4.98 Å². The van der Waals surface area contributed by atoms with Crippen molar-refractivity contribution in [2.75, 3.05) is 13.2 Å². The maximum Gasteiger partial charge on any atom is 0.251 e. The number of carbonyl (C=O) groups excluding carboxylic acids is 1. The number of ether oxygens (including phenoxy) is 1. The SMILES string of the molecule is Cc1[nH]c2c(c1C(N)=O)c(=N)ncn2[C@]1(O)CO[C@@H](CO)C1O. The summed E-state index contributed by atoms with van der Waals surface area (Å²) in [5.74, 6) is -0.731. The molecular weight excluding hydrogens is 306 g/mol. The molecule has 23 heavy (non-hydrogen) atoms. The minimum atomic E-state index is -1.90. The predicted octanol–water partition coefficient (Wildman–Crippen LogP) is -2.35. The van der Waals surface area contributed by atoms with Crippen LogP contribution in [0.1, 0.15) is 16.1 Å². The number of fused-ring (bicyclic) bond motifs is 1. The maximum absolute atomic E-state index is 11.6. The molecule has 1 aliphatic heterocycles. The van der Waals surface area contributed by atoms with E-state index in [0.29, 0.717) is 5.69 Å². The Kier molecular flexibility index (Phi) is 3.48. The Bertz CT molecular complexity index is 843. The Hall–Kier alpha value is -2.27. The lowest BCUT2D eigenvalue weighted by Crippen LogP contribution is -2.47. The first-order valence-electron chi connectivity index (χ1n) is 6.89. The highest BCUT2D eigenvalue weighted by molar-refractivity contribution is 6.06. The highest BCUT2D eigenvalue weighted by Gasteiger charge is 2.50. The van der Waals surface area contributed by atoms with Crippen LogP contribution < -0.4 is 11.2 Å². The fourth-order valence-corrected chi connectivity index (χ4v) is 2.93. The lowest BCUT2D eigenvalue weighted by molar-refractivity contribution is -0.110. The van der Waals surface area contributed by atoms with E-state index in [0.717, 1.165) is 6.33 Å². The standard InChI is InChI=1S/C13H17N5O5/c1-5-7(11(15)21)8-10(14)16-4-18(12(8)17-5)13(22)3-23-6(2-19)9(13)20/h4,6,9,14,17,19-20,22H,2-3H2,1H3,(H2,15,21)/t6-,9?,13-/m0/s1. The number of carbonyl (C=O) groups is 1. The summed E-state index contributed by atoms with van der Waals surface area (Å²) in [6.45, 7) is 0.849. The van der Waals surface area contributed by atoms with E-state index < -0.39 is 30.4 Å². The first-order valence-corrected chi connectivity index (χ1v) is 6.89. The summed E-state index contributed by atoms with van der Waals surface area (Å²) in [4.78, 5) is 18.4. The van der Waals surface area contributed by atoms with Gasteiger partial charge in [-0.3, -0.25) is 14.8 Å². The average molecular weight is 323 g/mol. The summed E-state index contributed by atoms with van der Waals surface area (Å²) >= 11 is 0. The molecule has 3 rings (SSSR count). The average Bonchev–Trinajstić information content (AvgIpc) is 2.98. The van der Waals surface area contributed by atoms with Crippen LogP contribution in [0.15, 0.2) is 6.33 Å². The molecule has 0 spiro atoms. The van der Waals surface area contributed by atoms with Gasteiger partial charge in [0.05, 0.1) is 24.2 Å². The third-order valence-electron chi connectivity index (χ3n) is 4.13. The number of hydrogen-bond donors (Lipinski definition) is 6. The van der Waals surface area contributed by atoms with Crippen LogP contribution in [0.3, 0.4) is 0 Å². The van der Waals surface area contributed by atoms with Crippen LogP contribution in [0.5, 0.6) is 0 Å². The van der Waals surface area contributed by atoms with Crippen LogP contribution in [0, 0.1) is 12.3 Å². The predicted molar refractivity (Wildman–Crippen MR) is 76.2 cm³/mol. The van der Waals surface area contributed by atoms with E-state index in [1.807, 2.05) is 0 Å². The fraction of sp³-hybridized carbons (Fsp3) is 0.462. The molecule has 1 saturated heterocycles. The first kappa shape index (κ1) is 15.6. The third kappa shape index (κ3) is 2.07. The van der Waals surface area contributed by atoms with E-state index >= 15 is 0 Å². The number of aromatic amines is 1. The number of hydrogen-bond acceptors (Lipinski definition) is 7. The molecule has 0 radical (unpaired) electrons. The van der Waals surface area contributed by atoms with Gasteiger partial charge in [0, 0.05) is 5.69 Å². The van der Waals surface area contributed by atoms with Crippen LogP contribution in [-0.2, 0) is 10.5 Å². The molecule has 0 saturated carbocycles. The summed E-state index contributed by atoms with van der Waals surface area (Å²) < 4.78 is 6.39. The number of aliphatic hydroxyl groups is 3. The molecular formula is C13H17N5O5. The summed E-state index contributed by atoms with van der Waals surface area (Å²) in [5.41, 5.74) is 3.98. The minimum absolute atomic E-state index is 0.0996. The Balaban J connectivity index is 2.29. The van der Waals surface area contributed by atoms with Crippen molar-refractivity contribution in [2.45, 2.75) is 24.9 Å². The largest absolute Gasteiger partial charge is 0.394 e. The second kappa shape index (κ2) is 5.13. The molecule has 1 aliphatic rings. The normalized spacial score (nSPS) is 27.7. The lowest BCUT2D eigenvalue weighted by atomic mass is 10.1. The Morgan fingerprint density at radius 1 is 1.70 bits per heavy atom. The summed E-state index contributed by atoms with van der Waals surface area (Å²) in [6.07, 6.45) is -1.21. The number of H-pyrrole nitrogens is 1. The van der Waals surface area contributed by atoms with Crippen molar-refractivity contribution in [3.63, 3.8) is 0 Å². The van der Waals surface area contributed by atoms with E-state index in [-0.39, 0.29) is 28.7 Å². The van der Waals surface area contributed by atoms with Gasteiger partial charge < -0.3 is 30.8 Å². The van der Waals surface area contributed by atoms with Crippen molar-refractivity contribution in [2.24, 2.45) is 5.73 Å². The van der Waals surface area contributed by atoms with Crippen molar-refractivity contribution in [1.29, 1.82) is 5.41 Å². The molecule has 124 valence electrons. The van der Waals surface area contributed by atoms with Crippen molar-refractivity contribution in [3.8, 4) is 0 Å². The highest BCUT2D eigenvalue weighted by atomic mass is 16.5. The van der Waals surface area contributed by atoms with Crippen LogP contribution in [0.4, 0.5) is 0 Å². The molecule has 0 bridgehead atoms. The number of primary amides is 1. The first-order chi connectivity index (χ1) is 10.8. The van der Waals surface area contributed by atoms with E-state index in [1.165, 1.54) is 4.57 Å². The van der Waals surface area contributed by atoms with Crippen LogP contribution in [0.25, 0.3) is 11.0 Å². The second-order valence-corrected chi connectivity index (χ2v) is 5.53. The highest BCUT2D eigenvalue weighted by Crippen LogP contribution is 2.32. The maximum atomic E-state index is 11.6. The molecule has 1 amide bonds. The molecule has 2 aromatic rings. The van der Waals surface area contributed by atoms with E-state index in [2.05, 4.69) is 9.97 Å². The molecule has 0 aliphatic carbocycles. The van der Waals surface area contributed by atoms with Crippen LogP contribution in [0.2, 0.25) is 0 Å². The molecule has 3 heterocycles. The van der Waals surface area contributed by atoms with Crippen molar-refractivity contribution in [1.82, 2.24) is 14.5 Å². The number of aromatic nitrogens is 3. The summed E-state index contributed by atoms with van der Waals surface area (Å²) in [6, 6.07) is 0. The van der Waals surface area contributed by atoms with Gasteiger partial charge in [0.15, 0.2) is 11.2 Å². The summed E-state index contributed by atoms with van der Waals surface area (Å²) in [5, 5.41) is 38.3. The molecule has 2 aromatic heterocycles. The number of rotatable bonds is 3. The molecule has 10 heteroatoms. The van der Waals surface area contributed by atoms with Gasteiger partial charge in [-0.05, 0) is 6.92 Å². The fourth-order valence-electron chi connectivity index (χ4n) is 2.93. The van der Waals surface area contributed by atoms with Gasteiger partial charge in [0.25, 0.3) is 5.91 Å². The molecule has 0 aromatic carbocycles. The Labute approximate surface area is 129 Å². The number of amides is 1. The molecule has 3 atom stereocenters. The van der Waals surface area contributed by atoms with Crippen molar-refractivity contribution in [3.05, 3.63) is 23.1 Å². The molecule has 10 nitrogen and oxygen atoms in total.